The number of alkyl halides is 3. The molecule has 0 fully saturated rings. The van der Waals surface area contributed by atoms with E-state index < -0.39 is 24.2 Å². The van der Waals surface area contributed by atoms with Crippen LogP contribution in [0.1, 0.15) is 37.5 Å². The quantitative estimate of drug-likeness (QED) is 0.228. The fourth-order valence-corrected chi connectivity index (χ4v) is 5.30. The van der Waals surface area contributed by atoms with Crippen molar-refractivity contribution in [2.24, 2.45) is 0 Å². The van der Waals surface area contributed by atoms with Crippen molar-refractivity contribution in [1.82, 2.24) is 9.88 Å². The molecule has 0 aliphatic carbocycles. The van der Waals surface area contributed by atoms with E-state index in [9.17, 15) is 28.0 Å². The van der Waals surface area contributed by atoms with Crippen molar-refractivity contribution in [1.29, 1.82) is 5.26 Å². The van der Waals surface area contributed by atoms with E-state index in [1.807, 2.05) is 45.0 Å². The van der Waals surface area contributed by atoms with Gasteiger partial charge in [0.15, 0.2) is 0 Å². The number of carbonyl (C=O) groups is 2. The van der Waals surface area contributed by atoms with Gasteiger partial charge in [-0.05, 0) is 73.9 Å². The number of nitrogens with zero attached hydrogens (tertiary/aromatic N) is 3. The van der Waals surface area contributed by atoms with Crippen LogP contribution < -0.4 is 4.74 Å². The predicted octanol–water partition coefficient (Wildman–Crippen LogP) is 6.07. The zero-order chi connectivity index (χ0) is 29.0. The Morgan fingerprint density at radius 3 is 2.62 bits per heavy atom. The second-order valence-electron chi connectivity index (χ2n) is 9.30. The lowest BCUT2D eigenvalue weighted by Gasteiger charge is -2.33. The van der Waals surface area contributed by atoms with Crippen molar-refractivity contribution in [3.8, 4) is 32.8 Å². The third kappa shape index (κ3) is 6.34. The van der Waals surface area contributed by atoms with Gasteiger partial charge in [-0.2, -0.15) is 18.4 Å². The smallest absolute Gasteiger partial charge is 0.490 e. The number of thiazole rings is 1. The first-order valence-corrected chi connectivity index (χ1v) is 13.4. The van der Waals surface area contributed by atoms with Crippen LogP contribution in [0.25, 0.3) is 21.0 Å². The molecule has 2 aromatic carbocycles. The first-order valence-electron chi connectivity index (χ1n) is 12.6. The lowest BCUT2D eigenvalue weighted by atomic mass is 9.95. The van der Waals surface area contributed by atoms with Crippen LogP contribution in [-0.2, 0) is 27.2 Å². The standard InChI is InChI=1S/C29H26F3N3O4S/c1-4-21-18(10-12-35-13-11-23(35)27(36)39-28(37)29(30,31)32)6-5-7-22(21)25-16-34-26(40-25)19-8-9-24(38-17(2)3)20(14-19)15-33/h5-9,11,13-14,16-17,23H,4,10,12H2,1-3H3. The molecule has 1 aliphatic heterocycles. The summed E-state index contributed by atoms with van der Waals surface area (Å²) in [5, 5.41) is 10.3. The number of hydrogen-bond acceptors (Lipinski definition) is 8. The minimum Gasteiger partial charge on any atom is -0.490 e. The molecule has 40 heavy (non-hydrogen) atoms. The van der Waals surface area contributed by atoms with Crippen molar-refractivity contribution >= 4 is 23.3 Å². The van der Waals surface area contributed by atoms with Gasteiger partial charge < -0.3 is 14.4 Å². The molecule has 1 aromatic heterocycles. The zero-order valence-electron chi connectivity index (χ0n) is 22.0. The summed E-state index contributed by atoms with van der Waals surface area (Å²) in [6.07, 6.45) is 0.727. The summed E-state index contributed by atoms with van der Waals surface area (Å²) < 4.78 is 47.0. The van der Waals surface area contributed by atoms with Crippen molar-refractivity contribution < 1.29 is 32.2 Å². The van der Waals surface area contributed by atoms with Gasteiger partial charge in [0.25, 0.3) is 0 Å². The van der Waals surface area contributed by atoms with Crippen LogP contribution >= 0.6 is 11.3 Å². The van der Waals surface area contributed by atoms with E-state index in [1.165, 1.54) is 17.4 Å². The number of ether oxygens (including phenoxy) is 2. The molecule has 3 aromatic rings. The van der Waals surface area contributed by atoms with Crippen LogP contribution in [0.2, 0.25) is 0 Å². The molecule has 11 heteroatoms. The minimum absolute atomic E-state index is 0.0560. The first kappa shape index (κ1) is 28.8. The van der Waals surface area contributed by atoms with Crippen LogP contribution in [0, 0.1) is 11.3 Å². The summed E-state index contributed by atoms with van der Waals surface area (Å²) in [5.74, 6) is -3.25. The van der Waals surface area contributed by atoms with Gasteiger partial charge in [0.2, 0.25) is 0 Å². The number of halogens is 3. The number of hydrogen-bond donors (Lipinski definition) is 0. The van der Waals surface area contributed by atoms with Crippen molar-refractivity contribution in [2.75, 3.05) is 6.54 Å². The summed E-state index contributed by atoms with van der Waals surface area (Å²) >= 11 is 1.50. The van der Waals surface area contributed by atoms with Gasteiger partial charge in [-0.15, -0.1) is 11.3 Å². The Morgan fingerprint density at radius 1 is 1.23 bits per heavy atom. The molecule has 0 bridgehead atoms. The molecule has 0 spiro atoms. The maximum atomic E-state index is 12.4. The van der Waals surface area contributed by atoms with E-state index >= 15 is 0 Å². The molecule has 1 unspecified atom stereocenters. The maximum Gasteiger partial charge on any atom is 0.491 e. The number of carbonyl (C=O) groups excluding carboxylic acids is 2. The molecular weight excluding hydrogens is 543 g/mol. The molecule has 0 N–H and O–H groups in total. The van der Waals surface area contributed by atoms with Crippen molar-refractivity contribution in [2.45, 2.75) is 51.9 Å². The van der Waals surface area contributed by atoms with Gasteiger partial charge >= 0.3 is 18.1 Å². The van der Waals surface area contributed by atoms with Gasteiger partial charge in [-0.1, -0.05) is 25.1 Å². The van der Waals surface area contributed by atoms with Crippen LogP contribution in [0.3, 0.4) is 0 Å². The Balaban J connectivity index is 1.49. The van der Waals surface area contributed by atoms with Gasteiger partial charge in [0, 0.05) is 18.3 Å². The number of benzene rings is 2. The summed E-state index contributed by atoms with van der Waals surface area (Å²) in [6.45, 7) is 6.18. The van der Waals surface area contributed by atoms with Gasteiger partial charge in [0.05, 0.1) is 16.5 Å². The lowest BCUT2D eigenvalue weighted by Crippen LogP contribution is -2.46. The highest BCUT2D eigenvalue weighted by Gasteiger charge is 2.44. The van der Waals surface area contributed by atoms with E-state index in [4.69, 9.17) is 4.74 Å². The topological polar surface area (TPSA) is 92.5 Å². The SMILES string of the molecule is CCc1c(CCN2C=CC2C(=O)OC(=O)C(F)(F)F)cccc1-c1cnc(-c2ccc(OC(C)C)c(C#N)c2)s1. The highest BCUT2D eigenvalue weighted by Crippen LogP contribution is 2.37. The van der Waals surface area contributed by atoms with Crippen LogP contribution in [0.4, 0.5) is 13.2 Å². The molecule has 4 rings (SSSR count). The fraction of sp³-hybridized carbons (Fsp3) is 0.310. The molecule has 0 radical (unpaired) electrons. The van der Waals surface area contributed by atoms with Gasteiger partial charge in [-0.3, -0.25) is 0 Å². The van der Waals surface area contributed by atoms with Gasteiger partial charge in [0.1, 0.15) is 22.9 Å². The van der Waals surface area contributed by atoms with Crippen LogP contribution in [-0.4, -0.2) is 46.7 Å². The fourth-order valence-electron chi connectivity index (χ4n) is 4.34. The normalized spacial score (nSPS) is 14.6. The van der Waals surface area contributed by atoms with E-state index in [0.717, 1.165) is 38.6 Å². The maximum absolute atomic E-state index is 12.4. The highest BCUT2D eigenvalue weighted by atomic mass is 32.1. The summed E-state index contributed by atoms with van der Waals surface area (Å²) in [7, 11) is 0. The Hall–Kier alpha value is -4.17. The van der Waals surface area contributed by atoms with Gasteiger partial charge in [-0.25, -0.2) is 14.6 Å². The number of nitriles is 1. The van der Waals surface area contributed by atoms with Crippen molar-refractivity contribution in [3.05, 3.63) is 71.6 Å². The molecule has 0 saturated carbocycles. The molecular formula is C29H26F3N3O4S. The Morgan fingerprint density at radius 2 is 2.00 bits per heavy atom. The molecule has 1 aliphatic rings. The second kappa shape index (κ2) is 11.9. The van der Waals surface area contributed by atoms with Crippen LogP contribution in [0.15, 0.2) is 54.9 Å². The number of rotatable bonds is 9. The molecule has 7 nitrogen and oxygen atoms in total. The Bertz CT molecular complexity index is 1490. The molecule has 0 saturated heterocycles. The first-order chi connectivity index (χ1) is 19.0. The monoisotopic (exact) mass is 569 g/mol. The van der Waals surface area contributed by atoms with E-state index in [2.05, 4.69) is 15.8 Å². The largest absolute Gasteiger partial charge is 0.491 e. The predicted molar refractivity (Wildman–Crippen MR) is 143 cm³/mol. The van der Waals surface area contributed by atoms with E-state index in [-0.39, 0.29) is 6.10 Å². The number of aromatic nitrogens is 1. The molecule has 1 atom stereocenters. The third-order valence-corrected chi connectivity index (χ3v) is 7.31. The Labute approximate surface area is 233 Å². The number of esters is 2. The molecule has 208 valence electrons. The average molecular weight is 570 g/mol. The minimum atomic E-state index is -5.23. The third-order valence-electron chi connectivity index (χ3n) is 6.23. The van der Waals surface area contributed by atoms with E-state index in [0.29, 0.717) is 24.3 Å². The lowest BCUT2D eigenvalue weighted by molar-refractivity contribution is -0.203. The molecule has 0 amide bonds. The van der Waals surface area contributed by atoms with Crippen molar-refractivity contribution in [3.63, 3.8) is 0 Å². The second-order valence-corrected chi connectivity index (χ2v) is 10.3. The van der Waals surface area contributed by atoms with Crippen LogP contribution in [0.5, 0.6) is 5.75 Å². The molecule has 2 heterocycles. The summed E-state index contributed by atoms with van der Waals surface area (Å²) in [6, 6.07) is 12.5. The summed E-state index contributed by atoms with van der Waals surface area (Å²) in [4.78, 5) is 30.1. The zero-order valence-corrected chi connectivity index (χ0v) is 22.8. The van der Waals surface area contributed by atoms with E-state index in [1.54, 1.807) is 29.4 Å². The Kier molecular flexibility index (Phi) is 8.59. The highest BCUT2D eigenvalue weighted by molar-refractivity contribution is 7.18. The average Bonchev–Trinajstić information content (AvgIpc) is 3.37. The summed E-state index contributed by atoms with van der Waals surface area (Å²) in [5.41, 5.74) is 4.37.